The number of hydrogen-bond donors (Lipinski definition) is 2. The molecule has 0 unspecified atom stereocenters. The lowest BCUT2D eigenvalue weighted by molar-refractivity contribution is 0.903. The summed E-state index contributed by atoms with van der Waals surface area (Å²) in [6, 6.07) is 8.33. The van der Waals surface area contributed by atoms with Gasteiger partial charge in [-0.3, -0.25) is 0 Å². The first-order chi connectivity index (χ1) is 6.95. The average molecular weight is 185 g/mol. The number of H-pyrrole nitrogens is 1. The molecule has 2 N–H and O–H groups in total. The minimum absolute atomic E-state index is 0.849. The number of fused-ring (bicyclic) bond motifs is 1. The molecule has 14 heavy (non-hydrogen) atoms. The van der Waals surface area contributed by atoms with Gasteiger partial charge in [0.15, 0.2) is 0 Å². The molecule has 0 fully saturated rings. The number of rotatable bonds is 1. The van der Waals surface area contributed by atoms with Gasteiger partial charge < -0.3 is 15.2 Å². The van der Waals surface area contributed by atoms with E-state index >= 15 is 0 Å². The van der Waals surface area contributed by atoms with Crippen LogP contribution in [0.1, 0.15) is 0 Å². The number of nitrogens with zero attached hydrogens (tertiary/aromatic N) is 1. The van der Waals surface area contributed by atoms with Gasteiger partial charge in [-0.15, -0.1) is 0 Å². The van der Waals surface area contributed by atoms with Gasteiger partial charge in [0.1, 0.15) is 0 Å². The number of aromatic nitrogens is 1. The Labute approximate surface area is 82.0 Å². The van der Waals surface area contributed by atoms with Crippen LogP contribution in [0.4, 0.5) is 5.69 Å². The Bertz CT molecular complexity index is 484. The Balaban J connectivity index is 2.16. The van der Waals surface area contributed by atoms with Crippen molar-refractivity contribution in [3.8, 4) is 0 Å². The number of nitrogens with one attached hydrogen (secondary N) is 2. The largest absolute Gasteiger partial charge is 0.372 e. The highest BCUT2D eigenvalue weighted by atomic mass is 15.3. The minimum atomic E-state index is 0.849. The molecule has 2 aromatic rings. The molecular weight excluding hydrogens is 174 g/mol. The van der Waals surface area contributed by atoms with E-state index in [1.807, 2.05) is 18.5 Å². The van der Waals surface area contributed by atoms with E-state index in [4.69, 9.17) is 0 Å². The van der Waals surface area contributed by atoms with Gasteiger partial charge in [0.05, 0.1) is 12.4 Å². The molecule has 1 aliphatic rings. The lowest BCUT2D eigenvalue weighted by atomic mass is 10.2. The Hall–Kier alpha value is -1.90. The molecule has 0 bridgehead atoms. The van der Waals surface area contributed by atoms with Gasteiger partial charge in [0.2, 0.25) is 0 Å². The molecule has 0 amide bonds. The molecule has 0 saturated heterocycles. The van der Waals surface area contributed by atoms with Crippen molar-refractivity contribution in [3.05, 3.63) is 42.9 Å². The minimum Gasteiger partial charge on any atom is -0.372 e. The summed E-state index contributed by atoms with van der Waals surface area (Å²) < 4.78 is 0. The third-order valence-electron chi connectivity index (χ3n) is 2.51. The van der Waals surface area contributed by atoms with Gasteiger partial charge in [-0.25, -0.2) is 0 Å². The van der Waals surface area contributed by atoms with Crippen LogP contribution in [-0.2, 0) is 0 Å². The number of hydrogen-bond acceptors (Lipinski definition) is 2. The molecule has 1 aromatic carbocycles. The standard InChI is InChI=1S/C11H11N3/c1-2-4-10-9(3-1)11(7-13-10)14-6-5-12-8-14/h1-7,12-13H,8H2. The highest BCUT2D eigenvalue weighted by molar-refractivity contribution is 5.93. The van der Waals surface area contributed by atoms with Crippen LogP contribution in [0.15, 0.2) is 42.9 Å². The molecule has 2 heterocycles. The van der Waals surface area contributed by atoms with Crippen LogP contribution in [0.3, 0.4) is 0 Å². The van der Waals surface area contributed by atoms with Crippen molar-refractivity contribution in [2.45, 2.75) is 0 Å². The second-order valence-electron chi connectivity index (χ2n) is 3.37. The van der Waals surface area contributed by atoms with Crippen LogP contribution in [0, 0.1) is 0 Å². The zero-order chi connectivity index (χ0) is 9.38. The molecule has 1 aliphatic heterocycles. The van der Waals surface area contributed by atoms with Gasteiger partial charge >= 0.3 is 0 Å². The fraction of sp³-hybridized carbons (Fsp3) is 0.0909. The van der Waals surface area contributed by atoms with Crippen LogP contribution in [0.2, 0.25) is 0 Å². The van der Waals surface area contributed by atoms with Gasteiger partial charge in [-0.1, -0.05) is 18.2 Å². The van der Waals surface area contributed by atoms with Crippen molar-refractivity contribution in [3.63, 3.8) is 0 Å². The van der Waals surface area contributed by atoms with Crippen LogP contribution in [-0.4, -0.2) is 11.7 Å². The van der Waals surface area contributed by atoms with E-state index in [2.05, 4.69) is 39.6 Å². The molecule has 0 atom stereocenters. The van der Waals surface area contributed by atoms with Crippen LogP contribution in [0.25, 0.3) is 10.9 Å². The second kappa shape index (κ2) is 2.80. The Morgan fingerprint density at radius 1 is 1.21 bits per heavy atom. The van der Waals surface area contributed by atoms with Gasteiger partial charge in [-0.05, 0) is 6.07 Å². The lowest BCUT2D eigenvalue weighted by Gasteiger charge is -2.12. The van der Waals surface area contributed by atoms with Crippen LogP contribution >= 0.6 is 0 Å². The highest BCUT2D eigenvalue weighted by Crippen LogP contribution is 2.26. The third-order valence-corrected chi connectivity index (χ3v) is 2.51. The zero-order valence-corrected chi connectivity index (χ0v) is 7.70. The quantitative estimate of drug-likeness (QED) is 0.712. The molecule has 0 spiro atoms. The van der Waals surface area contributed by atoms with E-state index in [9.17, 15) is 0 Å². The van der Waals surface area contributed by atoms with E-state index in [1.165, 1.54) is 16.6 Å². The Morgan fingerprint density at radius 3 is 3.00 bits per heavy atom. The first kappa shape index (κ1) is 7.50. The molecule has 0 aliphatic carbocycles. The molecule has 0 saturated carbocycles. The van der Waals surface area contributed by atoms with E-state index in [1.54, 1.807) is 0 Å². The third kappa shape index (κ3) is 0.988. The number of anilines is 1. The Kier molecular flexibility index (Phi) is 1.50. The summed E-state index contributed by atoms with van der Waals surface area (Å²) >= 11 is 0. The van der Waals surface area contributed by atoms with Gasteiger partial charge in [0.25, 0.3) is 0 Å². The van der Waals surface area contributed by atoms with E-state index in [-0.39, 0.29) is 0 Å². The summed E-state index contributed by atoms with van der Waals surface area (Å²) in [5.41, 5.74) is 2.41. The molecule has 0 radical (unpaired) electrons. The van der Waals surface area contributed by atoms with E-state index < -0.39 is 0 Å². The summed E-state index contributed by atoms with van der Waals surface area (Å²) in [6.45, 7) is 0.849. The summed E-state index contributed by atoms with van der Waals surface area (Å²) in [7, 11) is 0. The predicted molar refractivity (Wildman–Crippen MR) is 57.9 cm³/mol. The normalized spacial score (nSPS) is 15.0. The molecule has 1 aromatic heterocycles. The summed E-state index contributed by atoms with van der Waals surface area (Å²) in [6.07, 6.45) is 6.05. The Morgan fingerprint density at radius 2 is 2.14 bits per heavy atom. The van der Waals surface area contributed by atoms with Crippen molar-refractivity contribution < 1.29 is 0 Å². The fourth-order valence-electron chi connectivity index (χ4n) is 1.81. The smallest absolute Gasteiger partial charge is 0.0916 e. The molecule has 3 heteroatoms. The molecule has 3 rings (SSSR count). The summed E-state index contributed by atoms with van der Waals surface area (Å²) in [5.74, 6) is 0. The average Bonchev–Trinajstić information content (AvgIpc) is 2.85. The first-order valence-corrected chi connectivity index (χ1v) is 4.68. The summed E-state index contributed by atoms with van der Waals surface area (Å²) in [5, 5.41) is 4.42. The number of aromatic amines is 1. The van der Waals surface area contributed by atoms with Crippen molar-refractivity contribution in [1.29, 1.82) is 0 Å². The SMILES string of the molecule is C1=CN(c2c[nH]c3ccccc23)CN1. The van der Waals surface area contributed by atoms with Crippen molar-refractivity contribution >= 4 is 16.6 Å². The fourth-order valence-corrected chi connectivity index (χ4v) is 1.81. The number of para-hydroxylation sites is 1. The summed E-state index contributed by atoms with van der Waals surface area (Å²) in [4.78, 5) is 5.44. The van der Waals surface area contributed by atoms with E-state index in [0.717, 1.165) is 6.67 Å². The van der Waals surface area contributed by atoms with E-state index in [0.29, 0.717) is 0 Å². The van der Waals surface area contributed by atoms with Gasteiger partial charge in [0, 0.05) is 29.5 Å². The molecule has 70 valence electrons. The van der Waals surface area contributed by atoms with Gasteiger partial charge in [-0.2, -0.15) is 0 Å². The van der Waals surface area contributed by atoms with Crippen LogP contribution in [0.5, 0.6) is 0 Å². The van der Waals surface area contributed by atoms with Crippen molar-refractivity contribution in [2.24, 2.45) is 0 Å². The maximum absolute atomic E-state index is 3.26. The molecular formula is C11H11N3. The monoisotopic (exact) mass is 185 g/mol. The maximum Gasteiger partial charge on any atom is 0.0916 e. The number of benzene rings is 1. The molecule has 3 nitrogen and oxygen atoms in total. The maximum atomic E-state index is 3.26. The second-order valence-corrected chi connectivity index (χ2v) is 3.37. The zero-order valence-electron chi connectivity index (χ0n) is 7.70. The predicted octanol–water partition coefficient (Wildman–Crippen LogP) is 2.01. The van der Waals surface area contributed by atoms with Crippen LogP contribution < -0.4 is 10.2 Å². The lowest BCUT2D eigenvalue weighted by Crippen LogP contribution is -2.19. The highest BCUT2D eigenvalue weighted by Gasteiger charge is 2.10. The van der Waals surface area contributed by atoms with Crippen molar-refractivity contribution in [1.82, 2.24) is 10.3 Å². The first-order valence-electron chi connectivity index (χ1n) is 4.68. The van der Waals surface area contributed by atoms with Crippen molar-refractivity contribution in [2.75, 3.05) is 11.6 Å². The topological polar surface area (TPSA) is 31.1 Å².